The predicted octanol–water partition coefficient (Wildman–Crippen LogP) is 1.91. The topological polar surface area (TPSA) is 73.4 Å². The molecule has 126 valence electrons. The SMILES string of the molecule is O=c1oc2cc3ncnc(Cl)c3cc2n1CCCN1CCOCC1. The minimum absolute atomic E-state index is 0.355. The molecule has 1 aliphatic heterocycles. The zero-order valence-electron chi connectivity index (χ0n) is 13.1. The van der Waals surface area contributed by atoms with Crippen molar-refractivity contribution in [1.82, 2.24) is 19.4 Å². The molecule has 0 amide bonds. The van der Waals surface area contributed by atoms with Crippen LogP contribution < -0.4 is 5.76 Å². The molecule has 2 aromatic heterocycles. The molecule has 0 radical (unpaired) electrons. The summed E-state index contributed by atoms with van der Waals surface area (Å²) in [6.07, 6.45) is 2.26. The summed E-state index contributed by atoms with van der Waals surface area (Å²) in [6.45, 7) is 4.97. The predicted molar refractivity (Wildman–Crippen MR) is 90.5 cm³/mol. The third-order valence-corrected chi connectivity index (χ3v) is 4.64. The van der Waals surface area contributed by atoms with Gasteiger partial charge in [0.2, 0.25) is 0 Å². The first-order chi connectivity index (χ1) is 11.7. The average Bonchev–Trinajstić information content (AvgIpc) is 2.89. The van der Waals surface area contributed by atoms with Crippen LogP contribution in [0.5, 0.6) is 0 Å². The van der Waals surface area contributed by atoms with Crippen molar-refractivity contribution in [2.45, 2.75) is 13.0 Å². The van der Waals surface area contributed by atoms with Gasteiger partial charge in [0.05, 0.1) is 24.2 Å². The van der Waals surface area contributed by atoms with Gasteiger partial charge in [0.1, 0.15) is 11.5 Å². The number of rotatable bonds is 4. The van der Waals surface area contributed by atoms with Crippen LogP contribution in [0.3, 0.4) is 0 Å². The van der Waals surface area contributed by atoms with Crippen LogP contribution in [0.1, 0.15) is 6.42 Å². The number of halogens is 1. The lowest BCUT2D eigenvalue weighted by Crippen LogP contribution is -2.37. The summed E-state index contributed by atoms with van der Waals surface area (Å²) in [6, 6.07) is 3.56. The van der Waals surface area contributed by atoms with Crippen LogP contribution in [0.2, 0.25) is 5.15 Å². The van der Waals surface area contributed by atoms with Crippen molar-refractivity contribution >= 4 is 33.6 Å². The number of ether oxygens (including phenoxy) is 1. The van der Waals surface area contributed by atoms with E-state index in [0.717, 1.165) is 50.2 Å². The summed E-state index contributed by atoms with van der Waals surface area (Å²) in [4.78, 5) is 22.7. The molecule has 0 bridgehead atoms. The minimum Gasteiger partial charge on any atom is -0.408 e. The van der Waals surface area contributed by atoms with E-state index < -0.39 is 0 Å². The number of aryl methyl sites for hydroxylation is 1. The van der Waals surface area contributed by atoms with Gasteiger partial charge in [-0.25, -0.2) is 14.8 Å². The second-order valence-corrected chi connectivity index (χ2v) is 6.19. The Balaban J connectivity index is 1.61. The molecule has 1 saturated heterocycles. The van der Waals surface area contributed by atoms with Crippen molar-refractivity contribution in [2.75, 3.05) is 32.8 Å². The van der Waals surface area contributed by atoms with Gasteiger partial charge >= 0.3 is 5.76 Å². The van der Waals surface area contributed by atoms with E-state index in [9.17, 15) is 4.79 Å². The fourth-order valence-electron chi connectivity index (χ4n) is 3.07. The van der Waals surface area contributed by atoms with E-state index in [1.807, 2.05) is 6.07 Å². The van der Waals surface area contributed by atoms with E-state index in [4.69, 9.17) is 20.8 Å². The highest BCUT2D eigenvalue weighted by Crippen LogP contribution is 2.25. The molecule has 0 N–H and O–H groups in total. The molecule has 1 aromatic carbocycles. The molecule has 24 heavy (non-hydrogen) atoms. The van der Waals surface area contributed by atoms with Crippen molar-refractivity contribution in [1.29, 1.82) is 0 Å². The van der Waals surface area contributed by atoms with Crippen LogP contribution >= 0.6 is 11.6 Å². The first kappa shape index (κ1) is 15.6. The van der Waals surface area contributed by atoms with E-state index in [1.54, 1.807) is 10.6 Å². The molecule has 0 aliphatic carbocycles. The molecule has 0 atom stereocenters. The molecule has 1 fully saturated rings. The Morgan fingerprint density at radius 1 is 1.17 bits per heavy atom. The van der Waals surface area contributed by atoms with Crippen molar-refractivity contribution in [3.63, 3.8) is 0 Å². The van der Waals surface area contributed by atoms with Gasteiger partial charge in [-0.1, -0.05) is 11.6 Å². The summed E-state index contributed by atoms with van der Waals surface area (Å²) in [5, 5.41) is 1.09. The van der Waals surface area contributed by atoms with Crippen molar-refractivity contribution in [3.8, 4) is 0 Å². The maximum atomic E-state index is 12.2. The number of aromatic nitrogens is 3. The molecule has 0 spiro atoms. The molecule has 1 aliphatic rings. The molecule has 7 nitrogen and oxygen atoms in total. The van der Waals surface area contributed by atoms with Crippen molar-refractivity contribution in [2.24, 2.45) is 0 Å². The van der Waals surface area contributed by atoms with Gasteiger partial charge < -0.3 is 9.15 Å². The van der Waals surface area contributed by atoms with E-state index in [2.05, 4.69) is 14.9 Å². The first-order valence-corrected chi connectivity index (χ1v) is 8.34. The number of morpholine rings is 1. The summed E-state index contributed by atoms with van der Waals surface area (Å²) in [7, 11) is 0. The standard InChI is InChI=1S/C16H17ClN4O3/c17-15-11-8-13-14(9-12(11)18-10-19-15)24-16(22)21(13)3-1-2-20-4-6-23-7-5-20/h8-10H,1-7H2. The Bertz CT molecular complexity index is 930. The number of benzene rings is 1. The van der Waals surface area contributed by atoms with E-state index in [0.29, 0.717) is 22.8 Å². The molecule has 3 aromatic rings. The Kier molecular flexibility index (Phi) is 4.22. The quantitative estimate of drug-likeness (QED) is 0.671. The Morgan fingerprint density at radius 3 is 2.83 bits per heavy atom. The zero-order chi connectivity index (χ0) is 16.5. The molecule has 0 unspecified atom stereocenters. The maximum Gasteiger partial charge on any atom is 0.419 e. The lowest BCUT2D eigenvalue weighted by Gasteiger charge is -2.26. The summed E-state index contributed by atoms with van der Waals surface area (Å²) in [5.74, 6) is -0.355. The Labute approximate surface area is 142 Å². The molecular formula is C16H17ClN4O3. The van der Waals surface area contributed by atoms with Crippen LogP contribution in [-0.4, -0.2) is 52.3 Å². The lowest BCUT2D eigenvalue weighted by molar-refractivity contribution is 0.0369. The Morgan fingerprint density at radius 2 is 2.00 bits per heavy atom. The number of oxazole rings is 1. The largest absolute Gasteiger partial charge is 0.419 e. The van der Waals surface area contributed by atoms with Crippen LogP contribution in [-0.2, 0) is 11.3 Å². The van der Waals surface area contributed by atoms with Crippen LogP contribution in [0.4, 0.5) is 0 Å². The van der Waals surface area contributed by atoms with E-state index in [-0.39, 0.29) is 5.76 Å². The number of hydrogen-bond acceptors (Lipinski definition) is 6. The van der Waals surface area contributed by atoms with Gasteiger partial charge in [0.25, 0.3) is 0 Å². The second kappa shape index (κ2) is 6.51. The maximum absolute atomic E-state index is 12.2. The van der Waals surface area contributed by atoms with Gasteiger partial charge in [-0.3, -0.25) is 9.47 Å². The third kappa shape index (κ3) is 2.90. The molecule has 0 saturated carbocycles. The van der Waals surface area contributed by atoms with Crippen LogP contribution in [0, 0.1) is 0 Å². The monoisotopic (exact) mass is 348 g/mol. The molecular weight excluding hydrogens is 332 g/mol. The molecule has 8 heteroatoms. The highest BCUT2D eigenvalue weighted by atomic mass is 35.5. The molecule has 4 rings (SSSR count). The Hall–Kier alpha value is -1.96. The smallest absolute Gasteiger partial charge is 0.408 e. The number of nitrogens with zero attached hydrogens (tertiary/aromatic N) is 4. The van der Waals surface area contributed by atoms with Gasteiger partial charge in [0, 0.05) is 37.6 Å². The van der Waals surface area contributed by atoms with Gasteiger partial charge in [0.15, 0.2) is 5.58 Å². The van der Waals surface area contributed by atoms with Crippen LogP contribution in [0.15, 0.2) is 27.7 Å². The van der Waals surface area contributed by atoms with E-state index >= 15 is 0 Å². The third-order valence-electron chi connectivity index (χ3n) is 4.34. The normalized spacial score (nSPS) is 16.2. The highest BCUT2D eigenvalue weighted by Gasteiger charge is 2.14. The summed E-state index contributed by atoms with van der Waals surface area (Å²) in [5.41, 5.74) is 1.91. The molecule has 3 heterocycles. The summed E-state index contributed by atoms with van der Waals surface area (Å²) >= 11 is 6.13. The van der Waals surface area contributed by atoms with Crippen LogP contribution in [0.25, 0.3) is 22.0 Å². The van der Waals surface area contributed by atoms with Crippen molar-refractivity contribution < 1.29 is 9.15 Å². The first-order valence-electron chi connectivity index (χ1n) is 7.96. The summed E-state index contributed by atoms with van der Waals surface area (Å²) < 4.78 is 12.4. The van der Waals surface area contributed by atoms with Gasteiger partial charge in [-0.15, -0.1) is 0 Å². The minimum atomic E-state index is -0.355. The van der Waals surface area contributed by atoms with Crippen molar-refractivity contribution in [3.05, 3.63) is 34.2 Å². The highest BCUT2D eigenvalue weighted by molar-refractivity contribution is 6.34. The average molecular weight is 349 g/mol. The van der Waals surface area contributed by atoms with Gasteiger partial charge in [-0.05, 0) is 12.5 Å². The fourth-order valence-corrected chi connectivity index (χ4v) is 3.27. The number of hydrogen-bond donors (Lipinski definition) is 0. The second-order valence-electron chi connectivity index (χ2n) is 5.83. The lowest BCUT2D eigenvalue weighted by atomic mass is 10.2. The number of fused-ring (bicyclic) bond motifs is 2. The van der Waals surface area contributed by atoms with E-state index in [1.165, 1.54) is 6.33 Å². The zero-order valence-corrected chi connectivity index (χ0v) is 13.8. The van der Waals surface area contributed by atoms with Gasteiger partial charge in [-0.2, -0.15) is 0 Å². The fraction of sp³-hybridized carbons (Fsp3) is 0.438.